The molecule has 18 heavy (non-hydrogen) atoms. The molecule has 100 valence electrons. The van der Waals surface area contributed by atoms with E-state index in [-0.39, 0.29) is 0 Å². The zero-order valence-corrected chi connectivity index (χ0v) is 11.4. The van der Waals surface area contributed by atoms with Gasteiger partial charge in [0.1, 0.15) is 0 Å². The van der Waals surface area contributed by atoms with E-state index in [4.69, 9.17) is 4.74 Å². The van der Waals surface area contributed by atoms with Gasteiger partial charge in [-0.2, -0.15) is 4.98 Å². The Morgan fingerprint density at radius 1 is 1.44 bits per heavy atom. The number of hydrogen-bond acceptors (Lipinski definition) is 4. The van der Waals surface area contributed by atoms with Crippen LogP contribution in [0.5, 0.6) is 5.88 Å². The Kier molecular flexibility index (Phi) is 4.79. The molecule has 1 N–H and O–H groups in total. The predicted molar refractivity (Wildman–Crippen MR) is 72.8 cm³/mol. The highest BCUT2D eigenvalue weighted by Gasteiger charge is 2.23. The third kappa shape index (κ3) is 3.59. The summed E-state index contributed by atoms with van der Waals surface area (Å²) in [5.74, 6) is 2.92. The fourth-order valence-electron chi connectivity index (χ4n) is 2.46. The van der Waals surface area contributed by atoms with Crippen LogP contribution in [0.1, 0.15) is 39.5 Å². The van der Waals surface area contributed by atoms with Crippen LogP contribution in [0.2, 0.25) is 0 Å². The molecule has 0 aromatic carbocycles. The molecule has 4 nitrogen and oxygen atoms in total. The van der Waals surface area contributed by atoms with Crippen molar-refractivity contribution in [3.05, 3.63) is 12.3 Å². The van der Waals surface area contributed by atoms with Crippen LogP contribution in [0.3, 0.4) is 0 Å². The average molecular weight is 249 g/mol. The van der Waals surface area contributed by atoms with Crippen LogP contribution < -0.4 is 10.1 Å². The van der Waals surface area contributed by atoms with Crippen LogP contribution in [-0.4, -0.2) is 23.1 Å². The Balaban J connectivity index is 1.84. The molecule has 2 atom stereocenters. The maximum atomic E-state index is 5.50. The van der Waals surface area contributed by atoms with Crippen LogP contribution in [0.4, 0.5) is 5.95 Å². The summed E-state index contributed by atoms with van der Waals surface area (Å²) in [7, 11) is 0. The van der Waals surface area contributed by atoms with Gasteiger partial charge in [0, 0.05) is 18.8 Å². The molecule has 0 saturated heterocycles. The molecular weight excluding hydrogens is 226 g/mol. The molecule has 1 aliphatic carbocycles. The number of anilines is 1. The highest BCUT2D eigenvalue weighted by Crippen LogP contribution is 2.30. The highest BCUT2D eigenvalue weighted by molar-refractivity contribution is 5.27. The largest absolute Gasteiger partial charge is 0.478 e. The van der Waals surface area contributed by atoms with Gasteiger partial charge in [-0.1, -0.05) is 26.7 Å². The highest BCUT2D eigenvalue weighted by atomic mass is 16.5. The van der Waals surface area contributed by atoms with Crippen LogP contribution in [0.25, 0.3) is 0 Å². The lowest BCUT2D eigenvalue weighted by Crippen LogP contribution is -2.17. The first-order chi connectivity index (χ1) is 8.79. The summed E-state index contributed by atoms with van der Waals surface area (Å²) in [6.07, 6.45) is 6.77. The molecule has 1 aromatic heterocycles. The Hall–Kier alpha value is -1.32. The molecule has 0 amide bonds. The van der Waals surface area contributed by atoms with Crippen molar-refractivity contribution < 1.29 is 4.74 Å². The molecule has 0 spiro atoms. The van der Waals surface area contributed by atoms with Crippen LogP contribution in [-0.2, 0) is 0 Å². The molecule has 1 aromatic rings. The maximum Gasteiger partial charge on any atom is 0.225 e. The van der Waals surface area contributed by atoms with E-state index in [1.165, 1.54) is 19.3 Å². The van der Waals surface area contributed by atoms with E-state index in [2.05, 4.69) is 29.1 Å². The van der Waals surface area contributed by atoms with E-state index < -0.39 is 0 Å². The first kappa shape index (κ1) is 13.1. The van der Waals surface area contributed by atoms with Gasteiger partial charge in [-0.3, -0.25) is 0 Å². The van der Waals surface area contributed by atoms with Gasteiger partial charge >= 0.3 is 0 Å². The lowest BCUT2D eigenvalue weighted by Gasteiger charge is -2.15. The number of ether oxygens (including phenoxy) is 1. The Bertz CT molecular complexity index is 370. The van der Waals surface area contributed by atoms with Crippen LogP contribution in [0, 0.1) is 11.8 Å². The minimum absolute atomic E-state index is 0.661. The fourth-order valence-corrected chi connectivity index (χ4v) is 2.46. The topological polar surface area (TPSA) is 47.0 Å². The number of rotatable bonds is 6. The quantitative estimate of drug-likeness (QED) is 0.841. The molecule has 0 aliphatic heterocycles. The van der Waals surface area contributed by atoms with Gasteiger partial charge in [0.25, 0.3) is 0 Å². The van der Waals surface area contributed by atoms with E-state index in [0.717, 1.165) is 24.8 Å². The third-order valence-electron chi connectivity index (χ3n) is 3.65. The minimum Gasteiger partial charge on any atom is -0.478 e. The molecule has 1 saturated carbocycles. The zero-order chi connectivity index (χ0) is 12.8. The van der Waals surface area contributed by atoms with Crippen molar-refractivity contribution in [3.63, 3.8) is 0 Å². The SMILES string of the molecule is CCCOc1ccnc(NCC2CCCC2C)n1. The molecule has 0 radical (unpaired) electrons. The summed E-state index contributed by atoms with van der Waals surface area (Å²) in [6, 6.07) is 1.80. The van der Waals surface area contributed by atoms with Crippen molar-refractivity contribution in [2.45, 2.75) is 39.5 Å². The molecular formula is C14H23N3O. The van der Waals surface area contributed by atoms with Gasteiger partial charge in [0.05, 0.1) is 6.61 Å². The molecule has 1 aliphatic rings. The van der Waals surface area contributed by atoms with Crippen molar-refractivity contribution in [1.29, 1.82) is 0 Å². The van der Waals surface area contributed by atoms with E-state index in [9.17, 15) is 0 Å². The fraction of sp³-hybridized carbons (Fsp3) is 0.714. The van der Waals surface area contributed by atoms with Crippen molar-refractivity contribution in [3.8, 4) is 5.88 Å². The number of nitrogens with zero attached hydrogens (tertiary/aromatic N) is 2. The van der Waals surface area contributed by atoms with Crippen LogP contribution in [0.15, 0.2) is 12.3 Å². The molecule has 4 heteroatoms. The van der Waals surface area contributed by atoms with E-state index in [1.807, 2.05) is 0 Å². The van der Waals surface area contributed by atoms with Crippen molar-refractivity contribution >= 4 is 5.95 Å². The van der Waals surface area contributed by atoms with Gasteiger partial charge < -0.3 is 10.1 Å². The maximum absolute atomic E-state index is 5.50. The van der Waals surface area contributed by atoms with Gasteiger partial charge in [0.15, 0.2) is 0 Å². The normalized spacial score (nSPS) is 23.0. The summed E-state index contributed by atoms with van der Waals surface area (Å²) in [6.45, 7) is 6.09. The second-order valence-electron chi connectivity index (χ2n) is 5.12. The monoisotopic (exact) mass is 249 g/mol. The molecule has 0 bridgehead atoms. The summed E-state index contributed by atoms with van der Waals surface area (Å²) in [5.41, 5.74) is 0. The average Bonchev–Trinajstić information content (AvgIpc) is 2.80. The zero-order valence-electron chi connectivity index (χ0n) is 11.4. The third-order valence-corrected chi connectivity index (χ3v) is 3.65. The molecule has 1 fully saturated rings. The standard InChI is InChI=1S/C14H23N3O/c1-3-9-18-13-7-8-15-14(17-13)16-10-12-6-4-5-11(12)2/h7-8,11-12H,3-6,9-10H2,1-2H3,(H,15,16,17). The van der Waals surface area contributed by atoms with Crippen LogP contribution >= 0.6 is 0 Å². The van der Waals surface area contributed by atoms with Gasteiger partial charge in [-0.15, -0.1) is 0 Å². The van der Waals surface area contributed by atoms with E-state index in [0.29, 0.717) is 18.4 Å². The van der Waals surface area contributed by atoms with Crippen molar-refractivity contribution in [2.24, 2.45) is 11.8 Å². The number of nitrogens with one attached hydrogen (secondary N) is 1. The summed E-state index contributed by atoms with van der Waals surface area (Å²) >= 11 is 0. The molecule has 2 rings (SSSR count). The Morgan fingerprint density at radius 3 is 3.06 bits per heavy atom. The van der Waals surface area contributed by atoms with E-state index in [1.54, 1.807) is 12.3 Å². The predicted octanol–water partition coefficient (Wildman–Crippen LogP) is 3.11. The molecule has 2 unspecified atom stereocenters. The van der Waals surface area contributed by atoms with Gasteiger partial charge in [-0.05, 0) is 24.7 Å². The van der Waals surface area contributed by atoms with Crippen molar-refractivity contribution in [2.75, 3.05) is 18.5 Å². The summed E-state index contributed by atoms with van der Waals surface area (Å²) in [4.78, 5) is 8.58. The van der Waals surface area contributed by atoms with Gasteiger partial charge in [-0.25, -0.2) is 4.98 Å². The van der Waals surface area contributed by atoms with E-state index >= 15 is 0 Å². The Labute approximate surface area is 109 Å². The molecule has 1 heterocycles. The lowest BCUT2D eigenvalue weighted by atomic mass is 9.98. The Morgan fingerprint density at radius 2 is 2.33 bits per heavy atom. The first-order valence-corrected chi connectivity index (χ1v) is 6.99. The van der Waals surface area contributed by atoms with Gasteiger partial charge in [0.2, 0.25) is 11.8 Å². The lowest BCUT2D eigenvalue weighted by molar-refractivity contribution is 0.305. The number of aromatic nitrogens is 2. The van der Waals surface area contributed by atoms with Crippen molar-refractivity contribution in [1.82, 2.24) is 9.97 Å². The minimum atomic E-state index is 0.661. The summed E-state index contributed by atoms with van der Waals surface area (Å²) < 4.78 is 5.50. The summed E-state index contributed by atoms with van der Waals surface area (Å²) in [5, 5.41) is 3.33. The number of hydrogen-bond donors (Lipinski definition) is 1. The first-order valence-electron chi connectivity index (χ1n) is 6.99. The second-order valence-corrected chi connectivity index (χ2v) is 5.12. The smallest absolute Gasteiger partial charge is 0.225 e. The second kappa shape index (κ2) is 6.57.